The fraction of sp³-hybridized carbons (Fsp3) is 0.294. The largest absolute Gasteiger partial charge is 0.495 e. The summed E-state index contributed by atoms with van der Waals surface area (Å²) < 4.78 is 5.16. The van der Waals surface area contributed by atoms with Gasteiger partial charge in [-0.2, -0.15) is 0 Å². The number of amides is 1. The number of hydrogen-bond donors (Lipinski definition) is 1. The Hall–Kier alpha value is -2.72. The second-order valence-electron chi connectivity index (χ2n) is 4.55. The van der Waals surface area contributed by atoms with Gasteiger partial charge in [0.1, 0.15) is 16.9 Å². The lowest BCUT2D eigenvalue weighted by Crippen LogP contribution is -2.41. The molecular formula is C17H17NO3. The molecule has 0 spiro atoms. The fourth-order valence-corrected chi connectivity index (χ4v) is 1.97. The van der Waals surface area contributed by atoms with Gasteiger partial charge >= 0.3 is 0 Å². The number of benzene rings is 1. The zero-order valence-corrected chi connectivity index (χ0v) is 12.1. The molecule has 21 heavy (non-hydrogen) atoms. The van der Waals surface area contributed by atoms with Crippen LogP contribution in [0.25, 0.3) is 0 Å². The molecule has 0 saturated heterocycles. The van der Waals surface area contributed by atoms with Crippen LogP contribution in [-0.2, 0) is 9.59 Å². The molecule has 0 aromatic heterocycles. The Morgan fingerprint density at radius 2 is 1.81 bits per heavy atom. The van der Waals surface area contributed by atoms with Crippen molar-refractivity contribution in [3.8, 4) is 30.4 Å². The van der Waals surface area contributed by atoms with Crippen LogP contribution in [0, 0.1) is 30.1 Å². The van der Waals surface area contributed by atoms with E-state index in [9.17, 15) is 9.59 Å². The van der Waals surface area contributed by atoms with Crippen molar-refractivity contribution in [2.75, 3.05) is 12.4 Å². The van der Waals surface area contributed by atoms with Gasteiger partial charge in [0, 0.05) is 12.8 Å². The third-order valence-corrected chi connectivity index (χ3v) is 3.27. The Bertz CT molecular complexity index is 604. The SMILES string of the molecule is C#CCC(CC#C)(C(C)=O)C(=O)Nc1ccccc1OC. The summed E-state index contributed by atoms with van der Waals surface area (Å²) in [7, 11) is 1.49. The Morgan fingerprint density at radius 1 is 1.24 bits per heavy atom. The van der Waals surface area contributed by atoms with Crippen molar-refractivity contribution in [3.05, 3.63) is 24.3 Å². The minimum absolute atomic E-state index is 0.0481. The number of ketones is 1. The van der Waals surface area contributed by atoms with E-state index in [-0.39, 0.29) is 18.6 Å². The first kappa shape index (κ1) is 16.3. The number of para-hydroxylation sites is 2. The first-order valence-electron chi connectivity index (χ1n) is 6.34. The van der Waals surface area contributed by atoms with Crippen molar-refractivity contribution in [2.24, 2.45) is 5.41 Å². The summed E-state index contributed by atoms with van der Waals surface area (Å²) in [5, 5.41) is 2.68. The van der Waals surface area contributed by atoms with Gasteiger partial charge < -0.3 is 10.1 Å². The summed E-state index contributed by atoms with van der Waals surface area (Å²) in [5.41, 5.74) is -0.950. The average Bonchev–Trinajstić information content (AvgIpc) is 2.47. The van der Waals surface area contributed by atoms with Crippen LogP contribution in [0.1, 0.15) is 19.8 Å². The second kappa shape index (κ2) is 7.17. The highest BCUT2D eigenvalue weighted by Gasteiger charge is 2.42. The number of methoxy groups -OCH3 is 1. The lowest BCUT2D eigenvalue weighted by molar-refractivity contribution is -0.137. The van der Waals surface area contributed by atoms with E-state index in [4.69, 9.17) is 17.6 Å². The lowest BCUT2D eigenvalue weighted by atomic mass is 9.77. The van der Waals surface area contributed by atoms with Gasteiger partial charge in [-0.25, -0.2) is 0 Å². The molecule has 1 rings (SSSR count). The molecule has 0 aliphatic heterocycles. The molecule has 1 aromatic rings. The first-order valence-corrected chi connectivity index (χ1v) is 6.34. The number of carbonyl (C=O) groups excluding carboxylic acids is 2. The molecule has 0 atom stereocenters. The Labute approximate surface area is 124 Å². The maximum absolute atomic E-state index is 12.5. The van der Waals surface area contributed by atoms with Crippen molar-refractivity contribution in [2.45, 2.75) is 19.8 Å². The minimum Gasteiger partial charge on any atom is -0.495 e. The van der Waals surface area contributed by atoms with Crippen LogP contribution in [0.15, 0.2) is 24.3 Å². The van der Waals surface area contributed by atoms with Crippen LogP contribution in [0.4, 0.5) is 5.69 Å². The fourth-order valence-electron chi connectivity index (χ4n) is 1.97. The molecule has 1 N–H and O–H groups in total. The molecule has 1 amide bonds. The van der Waals surface area contributed by atoms with E-state index in [0.29, 0.717) is 11.4 Å². The summed E-state index contributed by atoms with van der Waals surface area (Å²) >= 11 is 0. The Kier molecular flexibility index (Phi) is 5.57. The van der Waals surface area contributed by atoms with Gasteiger partial charge in [-0.15, -0.1) is 24.7 Å². The van der Waals surface area contributed by atoms with Gasteiger partial charge in [0.2, 0.25) is 5.91 Å². The van der Waals surface area contributed by atoms with Crippen molar-refractivity contribution in [3.63, 3.8) is 0 Å². The van der Waals surface area contributed by atoms with Gasteiger partial charge in [-0.05, 0) is 19.1 Å². The van der Waals surface area contributed by atoms with Crippen LogP contribution < -0.4 is 10.1 Å². The molecule has 0 unspecified atom stereocenters. The lowest BCUT2D eigenvalue weighted by Gasteiger charge is -2.26. The van der Waals surface area contributed by atoms with Crippen LogP contribution >= 0.6 is 0 Å². The smallest absolute Gasteiger partial charge is 0.240 e. The predicted molar refractivity (Wildman–Crippen MR) is 81.6 cm³/mol. The highest BCUT2D eigenvalue weighted by atomic mass is 16.5. The summed E-state index contributed by atoms with van der Waals surface area (Å²) in [5.74, 6) is 4.34. The first-order chi connectivity index (χ1) is 10.0. The van der Waals surface area contributed by atoms with E-state index >= 15 is 0 Å². The molecule has 0 heterocycles. The zero-order valence-electron chi connectivity index (χ0n) is 12.1. The van der Waals surface area contributed by atoms with Gasteiger partial charge in [0.15, 0.2) is 0 Å². The van der Waals surface area contributed by atoms with E-state index in [1.165, 1.54) is 14.0 Å². The zero-order chi connectivity index (χ0) is 15.9. The summed E-state index contributed by atoms with van der Waals surface area (Å²) in [6.07, 6.45) is 10.5. The summed E-state index contributed by atoms with van der Waals surface area (Å²) in [6.45, 7) is 1.32. The number of carbonyl (C=O) groups is 2. The number of terminal acetylenes is 2. The maximum Gasteiger partial charge on any atom is 0.240 e. The molecule has 1 aromatic carbocycles. The van der Waals surface area contributed by atoms with Crippen LogP contribution in [0.3, 0.4) is 0 Å². The Balaban J connectivity index is 3.16. The standard InChI is InChI=1S/C17H17NO3/c1-5-11-17(12-6-2,13(3)19)16(20)18-14-9-7-8-10-15(14)21-4/h1-2,7-10H,11-12H2,3-4H3,(H,18,20). The number of ether oxygens (including phenoxy) is 1. The third kappa shape index (κ3) is 3.43. The van der Waals surface area contributed by atoms with E-state index in [0.717, 1.165) is 0 Å². The van der Waals surface area contributed by atoms with Crippen LogP contribution in [-0.4, -0.2) is 18.8 Å². The molecular weight excluding hydrogens is 266 g/mol. The normalized spacial score (nSPS) is 10.1. The van der Waals surface area contributed by atoms with Crippen LogP contribution in [0.5, 0.6) is 5.75 Å². The number of rotatable bonds is 6. The molecule has 0 saturated carbocycles. The van der Waals surface area contributed by atoms with Gasteiger partial charge in [0.05, 0.1) is 12.8 Å². The molecule has 108 valence electrons. The molecule has 4 nitrogen and oxygen atoms in total. The molecule has 4 heteroatoms. The van der Waals surface area contributed by atoms with Crippen LogP contribution in [0.2, 0.25) is 0 Å². The summed E-state index contributed by atoms with van der Waals surface area (Å²) in [6, 6.07) is 6.90. The topological polar surface area (TPSA) is 55.4 Å². The summed E-state index contributed by atoms with van der Waals surface area (Å²) in [4.78, 5) is 24.5. The van der Waals surface area contributed by atoms with E-state index in [1.807, 2.05) is 0 Å². The van der Waals surface area contributed by atoms with Gasteiger partial charge in [-0.3, -0.25) is 9.59 Å². The predicted octanol–water partition coefficient (Wildman–Crippen LogP) is 2.26. The monoisotopic (exact) mass is 283 g/mol. The number of anilines is 1. The number of hydrogen-bond acceptors (Lipinski definition) is 3. The number of nitrogens with one attached hydrogen (secondary N) is 1. The second-order valence-corrected chi connectivity index (χ2v) is 4.55. The van der Waals surface area contributed by atoms with Gasteiger partial charge in [-0.1, -0.05) is 12.1 Å². The van der Waals surface area contributed by atoms with Crippen molar-refractivity contribution in [1.82, 2.24) is 0 Å². The molecule has 0 bridgehead atoms. The van der Waals surface area contributed by atoms with E-state index in [1.54, 1.807) is 24.3 Å². The number of Topliss-reactive ketones (excluding diaryl/α,β-unsaturated/α-hetero) is 1. The average molecular weight is 283 g/mol. The molecule has 0 fully saturated rings. The molecule has 0 aliphatic rings. The maximum atomic E-state index is 12.5. The van der Waals surface area contributed by atoms with E-state index < -0.39 is 11.3 Å². The molecule has 0 aliphatic carbocycles. The van der Waals surface area contributed by atoms with E-state index in [2.05, 4.69) is 17.2 Å². The highest BCUT2D eigenvalue weighted by Crippen LogP contribution is 2.31. The van der Waals surface area contributed by atoms with Crippen molar-refractivity contribution in [1.29, 1.82) is 0 Å². The quantitative estimate of drug-likeness (QED) is 0.643. The van der Waals surface area contributed by atoms with Gasteiger partial charge in [0.25, 0.3) is 0 Å². The van der Waals surface area contributed by atoms with Crippen molar-refractivity contribution < 1.29 is 14.3 Å². The van der Waals surface area contributed by atoms with Crippen molar-refractivity contribution >= 4 is 17.4 Å². The Morgan fingerprint density at radius 3 is 2.29 bits per heavy atom. The third-order valence-electron chi connectivity index (χ3n) is 3.27. The molecule has 0 radical (unpaired) electrons. The highest BCUT2D eigenvalue weighted by molar-refractivity contribution is 6.11. The minimum atomic E-state index is -1.41.